The molecule has 0 aliphatic heterocycles. The van der Waals surface area contributed by atoms with Crippen LogP contribution in [-0.4, -0.2) is 10.1 Å². The van der Waals surface area contributed by atoms with Gasteiger partial charge in [-0.2, -0.15) is 0 Å². The van der Waals surface area contributed by atoms with Crippen LogP contribution in [0.5, 0.6) is 0 Å². The second-order valence-corrected chi connectivity index (χ2v) is 5.39. The van der Waals surface area contributed by atoms with Gasteiger partial charge in [-0.1, -0.05) is 29.8 Å². The summed E-state index contributed by atoms with van der Waals surface area (Å²) in [5.41, 5.74) is 4.75. The molecule has 22 heavy (non-hydrogen) atoms. The van der Waals surface area contributed by atoms with Crippen molar-refractivity contribution in [3.8, 4) is 11.1 Å². The molecule has 0 aliphatic rings. The predicted octanol–water partition coefficient (Wildman–Crippen LogP) is 4.64. The first kappa shape index (κ1) is 14.6. The van der Waals surface area contributed by atoms with E-state index in [1.54, 1.807) is 6.20 Å². The lowest BCUT2D eigenvalue weighted by atomic mass is 10.0. The quantitative estimate of drug-likeness (QED) is 0.738. The van der Waals surface area contributed by atoms with Gasteiger partial charge in [-0.3, -0.25) is 4.98 Å². The summed E-state index contributed by atoms with van der Waals surface area (Å²) in [6.07, 6.45) is 3.58. The van der Waals surface area contributed by atoms with Crippen LogP contribution in [0, 0.1) is 0 Å². The molecule has 0 saturated carbocycles. The average Bonchev–Trinajstić information content (AvgIpc) is 2.57. The van der Waals surface area contributed by atoms with Gasteiger partial charge in [-0.05, 0) is 47.5 Å². The van der Waals surface area contributed by atoms with Gasteiger partial charge in [0.2, 0.25) is 0 Å². The number of hydrogen-bond acceptors (Lipinski definition) is 3. The number of aromatic nitrogens is 1. The first-order valence-electron chi connectivity index (χ1n) is 6.92. The number of anilines is 2. The fourth-order valence-electron chi connectivity index (χ4n) is 2.22. The van der Waals surface area contributed by atoms with Crippen LogP contribution in [0.15, 0.2) is 67.0 Å². The highest BCUT2D eigenvalue weighted by molar-refractivity contribution is 6.30. The molecule has 0 aliphatic carbocycles. The van der Waals surface area contributed by atoms with Gasteiger partial charge in [0.25, 0.3) is 0 Å². The number of hydrogen-bond donors (Lipinski definition) is 2. The normalized spacial score (nSPS) is 10.5. The molecule has 3 nitrogen and oxygen atoms in total. The maximum atomic E-state index is 9.24. The average molecular weight is 311 g/mol. The Hall–Kier alpha value is -2.36. The first-order valence-corrected chi connectivity index (χ1v) is 7.30. The molecule has 0 radical (unpaired) electrons. The van der Waals surface area contributed by atoms with Crippen molar-refractivity contribution < 1.29 is 5.11 Å². The highest BCUT2D eigenvalue weighted by Gasteiger charge is 2.02. The van der Waals surface area contributed by atoms with Crippen molar-refractivity contribution in [3.63, 3.8) is 0 Å². The molecule has 0 spiro atoms. The van der Waals surface area contributed by atoms with Gasteiger partial charge in [0.15, 0.2) is 0 Å². The Morgan fingerprint density at radius 2 is 1.73 bits per heavy atom. The summed E-state index contributed by atoms with van der Waals surface area (Å²) in [6.45, 7) is 0.0317. The molecule has 0 bridgehead atoms. The second-order valence-electron chi connectivity index (χ2n) is 4.95. The summed E-state index contributed by atoms with van der Waals surface area (Å²) in [5, 5.41) is 13.2. The number of benzene rings is 2. The highest BCUT2D eigenvalue weighted by atomic mass is 35.5. The zero-order chi connectivity index (χ0) is 15.4. The van der Waals surface area contributed by atoms with Gasteiger partial charge in [0.1, 0.15) is 0 Å². The van der Waals surface area contributed by atoms with Crippen LogP contribution in [0.3, 0.4) is 0 Å². The molecular weight excluding hydrogens is 296 g/mol. The largest absolute Gasteiger partial charge is 0.392 e. The Balaban J connectivity index is 1.87. The van der Waals surface area contributed by atoms with Crippen molar-refractivity contribution in [2.45, 2.75) is 6.61 Å². The maximum absolute atomic E-state index is 9.24. The summed E-state index contributed by atoms with van der Waals surface area (Å²) in [6, 6.07) is 17.3. The molecule has 3 aromatic rings. The van der Waals surface area contributed by atoms with Crippen LogP contribution in [0.1, 0.15) is 5.56 Å². The Labute approximate surface area is 134 Å². The Morgan fingerprint density at radius 1 is 0.909 bits per heavy atom. The molecule has 1 aromatic heterocycles. The number of halogens is 1. The number of nitrogens with one attached hydrogen (secondary N) is 1. The lowest BCUT2D eigenvalue weighted by Gasteiger charge is -2.09. The van der Waals surface area contributed by atoms with Crippen LogP contribution >= 0.6 is 11.6 Å². The smallest absolute Gasteiger partial charge is 0.0682 e. The van der Waals surface area contributed by atoms with Crippen molar-refractivity contribution in [1.29, 1.82) is 0 Å². The van der Waals surface area contributed by atoms with Gasteiger partial charge in [0, 0.05) is 22.5 Å². The van der Waals surface area contributed by atoms with Crippen LogP contribution < -0.4 is 5.32 Å². The summed E-state index contributed by atoms with van der Waals surface area (Å²) < 4.78 is 0. The minimum Gasteiger partial charge on any atom is -0.392 e. The van der Waals surface area contributed by atoms with Crippen LogP contribution in [0.4, 0.5) is 11.4 Å². The van der Waals surface area contributed by atoms with Crippen LogP contribution in [0.25, 0.3) is 11.1 Å². The minimum atomic E-state index is 0.0317. The molecule has 0 saturated heterocycles. The van der Waals surface area contributed by atoms with Gasteiger partial charge >= 0.3 is 0 Å². The summed E-state index contributed by atoms with van der Waals surface area (Å²) in [5.74, 6) is 0. The van der Waals surface area contributed by atoms with Crippen molar-refractivity contribution >= 4 is 23.0 Å². The standard InChI is InChI=1S/C18H15ClN2O/c19-16-4-6-17(7-5-16)21-18-9-15(10-20-11-18)14-3-1-2-13(8-14)12-22/h1-11,21-22H,12H2. The number of nitrogens with zero attached hydrogens (tertiary/aromatic N) is 1. The Morgan fingerprint density at radius 3 is 2.50 bits per heavy atom. The van der Waals surface area contributed by atoms with E-state index in [1.165, 1.54) is 0 Å². The molecule has 2 aromatic carbocycles. The van der Waals surface area contributed by atoms with E-state index >= 15 is 0 Å². The summed E-state index contributed by atoms with van der Waals surface area (Å²) in [7, 11) is 0. The molecule has 2 N–H and O–H groups in total. The molecule has 0 fully saturated rings. The van der Waals surface area contributed by atoms with E-state index in [-0.39, 0.29) is 6.61 Å². The van der Waals surface area contributed by atoms with E-state index in [1.807, 2.05) is 60.8 Å². The summed E-state index contributed by atoms with van der Waals surface area (Å²) in [4.78, 5) is 4.28. The molecule has 0 unspecified atom stereocenters. The third-order valence-corrected chi connectivity index (χ3v) is 3.57. The van der Waals surface area contributed by atoms with Crippen LogP contribution in [-0.2, 0) is 6.61 Å². The maximum Gasteiger partial charge on any atom is 0.0682 e. The van der Waals surface area contributed by atoms with Crippen molar-refractivity contribution in [2.24, 2.45) is 0 Å². The predicted molar refractivity (Wildman–Crippen MR) is 90.3 cm³/mol. The van der Waals surface area contributed by atoms with E-state index < -0.39 is 0 Å². The number of aliphatic hydroxyl groups excluding tert-OH is 1. The SMILES string of the molecule is OCc1cccc(-c2cncc(Nc3ccc(Cl)cc3)c2)c1. The highest BCUT2D eigenvalue weighted by Crippen LogP contribution is 2.25. The molecule has 0 atom stereocenters. The number of rotatable bonds is 4. The van der Waals surface area contributed by atoms with E-state index in [2.05, 4.69) is 10.3 Å². The van der Waals surface area contributed by atoms with Crippen molar-refractivity contribution in [3.05, 3.63) is 77.6 Å². The van der Waals surface area contributed by atoms with Gasteiger partial charge in [-0.25, -0.2) is 0 Å². The Bertz CT molecular complexity index is 772. The number of pyridine rings is 1. The van der Waals surface area contributed by atoms with Crippen LogP contribution in [0.2, 0.25) is 5.02 Å². The zero-order valence-electron chi connectivity index (χ0n) is 11.8. The molecule has 4 heteroatoms. The van der Waals surface area contributed by atoms with E-state index in [0.717, 1.165) is 28.1 Å². The molecule has 0 amide bonds. The van der Waals surface area contributed by atoms with Gasteiger partial charge in [0.05, 0.1) is 18.5 Å². The number of aliphatic hydroxyl groups is 1. The fourth-order valence-corrected chi connectivity index (χ4v) is 2.34. The lowest BCUT2D eigenvalue weighted by molar-refractivity contribution is 0.282. The summed E-state index contributed by atoms with van der Waals surface area (Å²) >= 11 is 5.89. The monoisotopic (exact) mass is 310 g/mol. The first-order chi connectivity index (χ1) is 10.7. The van der Waals surface area contributed by atoms with Gasteiger partial charge in [-0.15, -0.1) is 0 Å². The Kier molecular flexibility index (Phi) is 4.37. The fraction of sp³-hybridized carbons (Fsp3) is 0.0556. The van der Waals surface area contributed by atoms with Gasteiger partial charge < -0.3 is 10.4 Å². The van der Waals surface area contributed by atoms with E-state index in [4.69, 9.17) is 11.6 Å². The zero-order valence-corrected chi connectivity index (χ0v) is 12.6. The minimum absolute atomic E-state index is 0.0317. The van der Waals surface area contributed by atoms with Crippen molar-refractivity contribution in [2.75, 3.05) is 5.32 Å². The van der Waals surface area contributed by atoms with E-state index in [0.29, 0.717) is 5.02 Å². The molecular formula is C18H15ClN2O. The second kappa shape index (κ2) is 6.60. The molecule has 3 rings (SSSR count). The third kappa shape index (κ3) is 3.45. The van der Waals surface area contributed by atoms with Crippen molar-refractivity contribution in [1.82, 2.24) is 4.98 Å². The topological polar surface area (TPSA) is 45.2 Å². The molecule has 110 valence electrons. The third-order valence-electron chi connectivity index (χ3n) is 3.31. The van der Waals surface area contributed by atoms with E-state index in [9.17, 15) is 5.11 Å². The molecule has 1 heterocycles. The lowest BCUT2D eigenvalue weighted by Crippen LogP contribution is -1.92.